The van der Waals surface area contributed by atoms with Crippen molar-refractivity contribution in [2.45, 2.75) is 13.1 Å². The summed E-state index contributed by atoms with van der Waals surface area (Å²) < 4.78 is 39.3. The van der Waals surface area contributed by atoms with Gasteiger partial charge in [0.25, 0.3) is 5.91 Å². The number of nitriles is 1. The minimum atomic E-state index is -4.72. The molecule has 0 saturated carbocycles. The van der Waals surface area contributed by atoms with Gasteiger partial charge in [0.1, 0.15) is 5.68 Å². The van der Waals surface area contributed by atoms with Gasteiger partial charge in [-0.2, -0.15) is 18.4 Å². The Morgan fingerprint density at radius 2 is 1.76 bits per heavy atom. The maximum atomic E-state index is 13.1. The van der Waals surface area contributed by atoms with Crippen molar-refractivity contribution in [3.05, 3.63) is 64.2 Å². The fourth-order valence-electron chi connectivity index (χ4n) is 2.35. The topological polar surface area (TPSA) is 70.0 Å². The molecule has 0 aliphatic rings. The van der Waals surface area contributed by atoms with Crippen molar-refractivity contribution in [3.63, 3.8) is 0 Å². The van der Waals surface area contributed by atoms with Crippen LogP contribution in [0.4, 0.5) is 18.9 Å². The van der Waals surface area contributed by atoms with Gasteiger partial charge in [0.15, 0.2) is 7.85 Å². The largest absolute Gasteiger partial charge is 0.417 e. The maximum Gasteiger partial charge on any atom is 0.417 e. The normalized spacial score (nSPS) is 10.8. The van der Waals surface area contributed by atoms with Crippen LogP contribution in [0.15, 0.2) is 36.4 Å². The number of hydrogen-bond donors (Lipinski definition) is 1. The lowest BCUT2D eigenvalue weighted by Gasteiger charge is -2.14. The molecule has 8 heteroatoms. The van der Waals surface area contributed by atoms with Gasteiger partial charge in [-0.1, -0.05) is 0 Å². The first-order valence-electron chi connectivity index (χ1n) is 7.17. The lowest BCUT2D eigenvalue weighted by molar-refractivity contribution is -0.137. The lowest BCUT2D eigenvalue weighted by atomic mass is 9.90. The Morgan fingerprint density at radius 3 is 2.28 bits per heavy atom. The number of amides is 1. The molecule has 4 nitrogen and oxygen atoms in total. The third-order valence-corrected chi connectivity index (χ3v) is 3.56. The van der Waals surface area contributed by atoms with Crippen molar-refractivity contribution in [3.8, 4) is 6.07 Å². The molecule has 0 saturated heterocycles. The lowest BCUT2D eigenvalue weighted by Crippen LogP contribution is -2.17. The van der Waals surface area contributed by atoms with Crippen molar-refractivity contribution in [1.29, 1.82) is 5.26 Å². The summed E-state index contributed by atoms with van der Waals surface area (Å²) in [5, 5.41) is 11.2. The smallest absolute Gasteiger partial charge is 0.322 e. The highest BCUT2D eigenvalue weighted by molar-refractivity contribution is 6.62. The molecule has 1 amide bonds. The number of carbonyl (C=O) groups is 2. The number of hydrogen-bond acceptors (Lipinski definition) is 3. The highest BCUT2D eigenvalue weighted by atomic mass is 19.4. The van der Waals surface area contributed by atoms with Crippen molar-refractivity contribution in [1.82, 2.24) is 0 Å². The minimum absolute atomic E-state index is 0.0777. The molecule has 2 aromatic carbocycles. The number of carbonyl (C=O) groups excluding carboxylic acids is 2. The van der Waals surface area contributed by atoms with Gasteiger partial charge in [-0.3, -0.25) is 4.79 Å². The van der Waals surface area contributed by atoms with Gasteiger partial charge in [-0.15, -0.1) is 0 Å². The Hall–Kier alpha value is -3.08. The SMILES string of the molecule is BC(=O)c1ccc(NC(=O)c2ccc(C#N)cc2C)cc1C(F)(F)F. The van der Waals surface area contributed by atoms with E-state index < -0.39 is 28.9 Å². The molecule has 0 fully saturated rings. The van der Waals surface area contributed by atoms with Crippen molar-refractivity contribution < 1.29 is 22.8 Å². The van der Waals surface area contributed by atoms with E-state index in [4.69, 9.17) is 5.26 Å². The quantitative estimate of drug-likeness (QED) is 0.871. The highest BCUT2D eigenvalue weighted by Crippen LogP contribution is 2.34. The third kappa shape index (κ3) is 4.07. The molecule has 0 aliphatic carbocycles. The van der Waals surface area contributed by atoms with Gasteiger partial charge in [-0.05, 0) is 48.9 Å². The molecule has 2 aromatic rings. The first kappa shape index (κ1) is 18.3. The number of nitrogens with zero attached hydrogens (tertiary/aromatic N) is 1. The van der Waals surface area contributed by atoms with Crippen molar-refractivity contribution in [2.75, 3.05) is 5.32 Å². The van der Waals surface area contributed by atoms with Crippen LogP contribution >= 0.6 is 0 Å². The monoisotopic (exact) mass is 344 g/mol. The second-order valence-corrected chi connectivity index (χ2v) is 5.41. The number of aryl methyl sites for hydroxylation is 1. The number of halogens is 3. The van der Waals surface area contributed by atoms with Gasteiger partial charge in [-0.25, -0.2) is 0 Å². The van der Waals surface area contributed by atoms with Gasteiger partial charge >= 0.3 is 6.18 Å². The second-order valence-electron chi connectivity index (χ2n) is 5.41. The Morgan fingerprint density at radius 1 is 1.12 bits per heavy atom. The number of anilines is 1. The van der Waals surface area contributed by atoms with Crippen LogP contribution in [0.5, 0.6) is 0 Å². The molecule has 0 aliphatic heterocycles. The molecule has 0 radical (unpaired) electrons. The van der Waals surface area contributed by atoms with E-state index in [1.165, 1.54) is 24.3 Å². The van der Waals surface area contributed by atoms with Gasteiger partial charge in [0, 0.05) is 16.8 Å². The summed E-state index contributed by atoms with van der Waals surface area (Å²) in [6.07, 6.45) is -4.72. The highest BCUT2D eigenvalue weighted by Gasteiger charge is 2.34. The molecule has 0 bridgehead atoms. The first-order valence-corrected chi connectivity index (χ1v) is 7.17. The molecule has 0 aromatic heterocycles. The Balaban J connectivity index is 2.36. The standard InChI is InChI=1S/C17H12BF3N2O2/c1-9-6-10(8-22)2-4-12(9)16(25)23-11-3-5-13(15(18)24)14(7-11)17(19,20)21/h2-7H,18H2,1H3,(H,23,25). The van der Waals surface area contributed by atoms with Gasteiger partial charge < -0.3 is 10.1 Å². The zero-order valence-electron chi connectivity index (χ0n) is 13.4. The Labute approximate surface area is 142 Å². The molecule has 0 unspecified atom stereocenters. The first-order chi connectivity index (χ1) is 11.6. The zero-order valence-corrected chi connectivity index (χ0v) is 13.4. The van der Waals surface area contributed by atoms with Crippen LogP contribution in [0.3, 0.4) is 0 Å². The van der Waals surface area contributed by atoms with Crippen LogP contribution in [-0.4, -0.2) is 19.4 Å². The molecular formula is C17H12BF3N2O2. The maximum absolute atomic E-state index is 13.1. The van der Waals surface area contributed by atoms with Crippen LogP contribution < -0.4 is 5.32 Å². The summed E-state index contributed by atoms with van der Waals surface area (Å²) in [6, 6.07) is 9.32. The summed E-state index contributed by atoms with van der Waals surface area (Å²) in [6.45, 7) is 1.62. The summed E-state index contributed by atoms with van der Waals surface area (Å²) in [5.41, 5.74) is -1.22. The Kier molecular flexibility index (Phi) is 4.98. The molecule has 0 atom stereocenters. The van der Waals surface area contributed by atoms with E-state index in [-0.39, 0.29) is 11.3 Å². The van der Waals surface area contributed by atoms with E-state index in [0.29, 0.717) is 11.1 Å². The van der Waals surface area contributed by atoms with E-state index in [9.17, 15) is 22.8 Å². The van der Waals surface area contributed by atoms with Crippen LogP contribution in [0.1, 0.15) is 37.4 Å². The third-order valence-electron chi connectivity index (χ3n) is 3.56. The van der Waals surface area contributed by atoms with Crippen molar-refractivity contribution >= 4 is 25.1 Å². The summed E-state index contributed by atoms with van der Waals surface area (Å²) >= 11 is 0. The molecule has 0 heterocycles. The van der Waals surface area contributed by atoms with E-state index in [2.05, 4.69) is 5.32 Å². The van der Waals surface area contributed by atoms with Crippen LogP contribution in [0.2, 0.25) is 0 Å². The van der Waals surface area contributed by atoms with E-state index >= 15 is 0 Å². The van der Waals surface area contributed by atoms with Crippen LogP contribution in [-0.2, 0) is 6.18 Å². The molecule has 1 N–H and O–H groups in total. The molecule has 0 spiro atoms. The molecular weight excluding hydrogens is 332 g/mol. The van der Waals surface area contributed by atoms with E-state index in [0.717, 1.165) is 20.0 Å². The molecule has 25 heavy (non-hydrogen) atoms. The van der Waals surface area contributed by atoms with Crippen molar-refractivity contribution in [2.24, 2.45) is 0 Å². The predicted molar refractivity (Wildman–Crippen MR) is 88.2 cm³/mol. The second kappa shape index (κ2) is 6.81. The number of benzene rings is 2. The van der Waals surface area contributed by atoms with Gasteiger partial charge in [0.05, 0.1) is 17.2 Å². The van der Waals surface area contributed by atoms with Crippen LogP contribution in [0.25, 0.3) is 0 Å². The molecule has 126 valence electrons. The number of nitrogens with one attached hydrogen (secondary N) is 1. The number of rotatable bonds is 3. The van der Waals surface area contributed by atoms with Crippen LogP contribution in [0, 0.1) is 18.3 Å². The zero-order chi connectivity index (χ0) is 18.8. The van der Waals surface area contributed by atoms with E-state index in [1.54, 1.807) is 6.92 Å². The average molecular weight is 344 g/mol. The van der Waals surface area contributed by atoms with E-state index in [1.807, 2.05) is 6.07 Å². The summed E-state index contributed by atoms with van der Waals surface area (Å²) in [5.74, 6) is -0.606. The number of alkyl halides is 3. The average Bonchev–Trinajstić information content (AvgIpc) is 2.53. The van der Waals surface area contributed by atoms with Gasteiger partial charge in [0.2, 0.25) is 0 Å². The summed E-state index contributed by atoms with van der Waals surface area (Å²) in [7, 11) is 1.04. The molecule has 2 rings (SSSR count). The summed E-state index contributed by atoms with van der Waals surface area (Å²) in [4.78, 5) is 23.6. The predicted octanol–water partition coefficient (Wildman–Crippen LogP) is 2.91. The fraction of sp³-hybridized carbons (Fsp3) is 0.118. The fourth-order valence-corrected chi connectivity index (χ4v) is 2.35. The Bertz CT molecular complexity index is 902. The minimum Gasteiger partial charge on any atom is -0.322 e.